The predicted octanol–water partition coefficient (Wildman–Crippen LogP) is 9.42. The zero-order chi connectivity index (χ0) is 42.3. The molecule has 1 unspecified atom stereocenters. The van der Waals surface area contributed by atoms with Crippen LogP contribution in [0.4, 0.5) is 21.0 Å². The van der Waals surface area contributed by atoms with Crippen molar-refractivity contribution in [3.63, 3.8) is 0 Å². The second-order valence-electron chi connectivity index (χ2n) is 15.6. The van der Waals surface area contributed by atoms with Crippen molar-refractivity contribution < 1.29 is 28.2 Å². The first-order valence-electron chi connectivity index (χ1n) is 20.8. The number of hydrogen-bond acceptors (Lipinski definition) is 6. The fraction of sp³-hybridized carbons (Fsp3) is 0.333. The number of sulfonamides is 1. The van der Waals surface area contributed by atoms with Crippen molar-refractivity contribution in [2.45, 2.75) is 81.6 Å². The zero-order valence-corrected chi connectivity index (χ0v) is 35.1. The van der Waals surface area contributed by atoms with E-state index in [4.69, 9.17) is 5.11 Å². The maximum absolute atomic E-state index is 14.2. The Bertz CT molecular complexity index is 2150. The minimum absolute atomic E-state index is 0.276. The molecule has 3 N–H and O–H groups in total. The van der Waals surface area contributed by atoms with Crippen LogP contribution in [0.15, 0.2) is 150 Å². The summed E-state index contributed by atoms with van der Waals surface area (Å²) in [4.78, 5) is 28.7. The molecule has 2 atom stereocenters. The first kappa shape index (κ1) is 43.7. The zero-order valence-electron chi connectivity index (χ0n) is 34.3. The highest BCUT2D eigenvalue weighted by Crippen LogP contribution is 2.34. The van der Waals surface area contributed by atoms with E-state index >= 15 is 0 Å². The highest BCUT2D eigenvalue weighted by Gasteiger charge is 2.39. The summed E-state index contributed by atoms with van der Waals surface area (Å²) in [5, 5.41) is 22.3. The van der Waals surface area contributed by atoms with Crippen molar-refractivity contribution in [1.29, 1.82) is 0 Å². The molecule has 0 bridgehead atoms. The highest BCUT2D eigenvalue weighted by atomic mass is 32.2. The maximum Gasteiger partial charge on any atom is 0.407 e. The number of piperidine rings is 2. The van der Waals surface area contributed by atoms with Gasteiger partial charge in [0, 0.05) is 56.5 Å². The second-order valence-corrected chi connectivity index (χ2v) is 17.4. The van der Waals surface area contributed by atoms with Crippen molar-refractivity contribution in [1.82, 2.24) is 14.7 Å². The number of anilines is 2. The van der Waals surface area contributed by atoms with Crippen LogP contribution in [0.3, 0.4) is 0 Å². The van der Waals surface area contributed by atoms with Gasteiger partial charge < -0.3 is 25.3 Å². The number of rotatable bonds is 14. The van der Waals surface area contributed by atoms with E-state index in [-0.39, 0.29) is 23.5 Å². The summed E-state index contributed by atoms with van der Waals surface area (Å²) >= 11 is 0. The Morgan fingerprint density at radius 2 is 1.22 bits per heavy atom. The normalized spacial score (nSPS) is 17.0. The molecule has 7 rings (SSSR count). The van der Waals surface area contributed by atoms with Crippen LogP contribution in [0.1, 0.15) is 55.2 Å². The first-order valence-corrected chi connectivity index (χ1v) is 22.3. The molecule has 316 valence electrons. The van der Waals surface area contributed by atoms with Crippen molar-refractivity contribution in [2.24, 2.45) is 0 Å². The SMILES string of the molecule is Cc1ccccc1S(=O)(=O)N(c1ccccc1)[C@H]1CCN(C(=O)O)C(CCCN(Cc2ccccc2)Cc2ccccc2)C1.O=C(O)N1CCC(Nc2ccccc2)CC1. The molecular weight excluding hydrogens is 775 g/mol. The van der Waals surface area contributed by atoms with Gasteiger partial charge in [-0.2, -0.15) is 0 Å². The van der Waals surface area contributed by atoms with Gasteiger partial charge in [0.05, 0.1) is 10.6 Å². The molecule has 0 spiro atoms. The summed E-state index contributed by atoms with van der Waals surface area (Å²) in [7, 11) is -3.89. The topological polar surface area (TPSA) is 134 Å². The Morgan fingerprint density at radius 1 is 0.683 bits per heavy atom. The third-order valence-corrected chi connectivity index (χ3v) is 13.4. The van der Waals surface area contributed by atoms with Gasteiger partial charge in [-0.3, -0.25) is 9.21 Å². The number of likely N-dealkylation sites (tertiary alicyclic amines) is 2. The lowest BCUT2D eigenvalue weighted by Gasteiger charge is -2.43. The number of benzene rings is 5. The summed E-state index contributed by atoms with van der Waals surface area (Å²) in [5.41, 5.74) is 4.85. The Labute approximate surface area is 354 Å². The molecule has 5 aromatic carbocycles. The van der Waals surface area contributed by atoms with Gasteiger partial charge in [-0.05, 0) is 99.0 Å². The molecule has 2 fully saturated rings. The molecule has 0 aromatic heterocycles. The molecule has 0 radical (unpaired) electrons. The van der Waals surface area contributed by atoms with Crippen molar-refractivity contribution in [3.05, 3.63) is 162 Å². The van der Waals surface area contributed by atoms with E-state index in [0.717, 1.165) is 44.6 Å². The Hall–Kier alpha value is -5.85. The van der Waals surface area contributed by atoms with Crippen LogP contribution >= 0.6 is 0 Å². The molecule has 12 heteroatoms. The second kappa shape index (κ2) is 21.4. The van der Waals surface area contributed by atoms with E-state index in [0.29, 0.717) is 49.6 Å². The van der Waals surface area contributed by atoms with E-state index in [2.05, 4.69) is 34.5 Å². The lowest BCUT2D eigenvalue weighted by atomic mass is 9.93. The minimum atomic E-state index is -3.89. The van der Waals surface area contributed by atoms with Gasteiger partial charge in [0.1, 0.15) is 0 Å². The average molecular weight is 832 g/mol. The van der Waals surface area contributed by atoms with Gasteiger partial charge in [0.2, 0.25) is 0 Å². The van der Waals surface area contributed by atoms with Crippen LogP contribution in [0.5, 0.6) is 0 Å². The molecule has 2 aliphatic heterocycles. The van der Waals surface area contributed by atoms with Crippen LogP contribution in [-0.2, 0) is 23.1 Å². The Kier molecular flexibility index (Phi) is 15.6. The number of carbonyl (C=O) groups is 2. The fourth-order valence-corrected chi connectivity index (χ4v) is 10.2. The molecule has 0 saturated carbocycles. The van der Waals surface area contributed by atoms with E-state index in [1.165, 1.54) is 20.9 Å². The highest BCUT2D eigenvalue weighted by molar-refractivity contribution is 7.93. The van der Waals surface area contributed by atoms with E-state index in [9.17, 15) is 23.1 Å². The van der Waals surface area contributed by atoms with Crippen molar-refractivity contribution >= 4 is 33.6 Å². The number of aryl methyl sites for hydroxylation is 1. The van der Waals surface area contributed by atoms with Gasteiger partial charge in [-0.1, -0.05) is 115 Å². The monoisotopic (exact) mass is 831 g/mol. The standard InChI is InChI=1S/C36H41N3O4S.C12H16N2O2/c1-29-14-11-12-22-35(29)44(42,43)39(32-19-9-4-10-20-32)34-23-25-38(36(40)41)33(26-34)21-13-24-37(27-30-15-5-2-6-16-30)28-31-17-7-3-8-18-31;15-12(16)14-8-6-11(7-9-14)13-10-4-2-1-3-5-10/h2-12,14-20,22,33-34H,13,21,23-28H2,1H3,(H,40,41);1-5,11,13H,6-9H2,(H,15,16)/t33?,34-;/m0./s1. The fourth-order valence-electron chi connectivity index (χ4n) is 8.27. The van der Waals surface area contributed by atoms with E-state index in [1.807, 2.05) is 116 Å². The predicted molar refractivity (Wildman–Crippen MR) is 238 cm³/mol. The molecule has 2 saturated heterocycles. The van der Waals surface area contributed by atoms with Crippen LogP contribution in [0.25, 0.3) is 0 Å². The molecule has 2 aliphatic rings. The third-order valence-electron chi connectivity index (χ3n) is 11.3. The number of amides is 2. The molecule has 2 heterocycles. The van der Waals surface area contributed by atoms with Gasteiger partial charge in [0.15, 0.2) is 0 Å². The first-order chi connectivity index (χ1) is 29.1. The largest absolute Gasteiger partial charge is 0.465 e. The molecule has 5 aromatic rings. The number of carboxylic acid groups (broad SMARTS) is 2. The van der Waals surface area contributed by atoms with Gasteiger partial charge in [-0.25, -0.2) is 18.0 Å². The van der Waals surface area contributed by atoms with E-state index in [1.54, 1.807) is 16.4 Å². The molecule has 2 amide bonds. The average Bonchev–Trinajstić information content (AvgIpc) is 3.25. The van der Waals surface area contributed by atoms with Crippen LogP contribution < -0.4 is 9.62 Å². The number of hydrogen-bond donors (Lipinski definition) is 3. The van der Waals surface area contributed by atoms with Gasteiger partial charge in [0.25, 0.3) is 10.0 Å². The molecule has 0 aliphatic carbocycles. The summed E-state index contributed by atoms with van der Waals surface area (Å²) in [6, 6.07) is 46.7. The lowest BCUT2D eigenvalue weighted by Crippen LogP contribution is -2.53. The summed E-state index contributed by atoms with van der Waals surface area (Å²) in [6.07, 6.45) is 2.29. The molecule has 60 heavy (non-hydrogen) atoms. The molecule has 11 nitrogen and oxygen atoms in total. The van der Waals surface area contributed by atoms with Gasteiger partial charge >= 0.3 is 12.2 Å². The quantitative estimate of drug-likeness (QED) is 0.101. The Morgan fingerprint density at radius 3 is 1.77 bits per heavy atom. The van der Waals surface area contributed by atoms with E-state index < -0.39 is 22.2 Å². The molecular formula is C48H57N5O6S. The summed E-state index contributed by atoms with van der Waals surface area (Å²) in [5.74, 6) is 0. The number of nitrogens with zero attached hydrogens (tertiary/aromatic N) is 4. The van der Waals surface area contributed by atoms with Crippen LogP contribution in [0, 0.1) is 6.92 Å². The summed E-state index contributed by atoms with van der Waals surface area (Å²) in [6.45, 7) is 5.73. The smallest absolute Gasteiger partial charge is 0.407 e. The van der Waals surface area contributed by atoms with Crippen molar-refractivity contribution in [2.75, 3.05) is 35.8 Å². The van der Waals surface area contributed by atoms with Crippen LogP contribution in [-0.4, -0.2) is 89.8 Å². The Balaban J connectivity index is 0.000000314. The van der Waals surface area contributed by atoms with Crippen molar-refractivity contribution in [3.8, 4) is 0 Å². The number of nitrogens with one attached hydrogen (secondary N) is 1. The lowest BCUT2D eigenvalue weighted by molar-refractivity contribution is 0.0957. The third kappa shape index (κ3) is 12.1. The number of para-hydroxylation sites is 2. The van der Waals surface area contributed by atoms with Gasteiger partial charge in [-0.15, -0.1) is 0 Å². The summed E-state index contributed by atoms with van der Waals surface area (Å²) < 4.78 is 30.0. The minimum Gasteiger partial charge on any atom is -0.465 e. The maximum atomic E-state index is 14.2. The van der Waals surface area contributed by atoms with Crippen LogP contribution in [0.2, 0.25) is 0 Å².